The fourth-order valence-electron chi connectivity index (χ4n) is 3.75. The Morgan fingerprint density at radius 3 is 2.10 bits per heavy atom. The van der Waals surface area contributed by atoms with Gasteiger partial charge >= 0.3 is 5.97 Å². The number of amides is 1. The van der Waals surface area contributed by atoms with Crippen LogP contribution in [-0.4, -0.2) is 24.0 Å². The standard InChI is InChI=1S/C16H20N2O3/c1-21-14(20)16-7-4-15(5-8-16,6-9-16)13(19)18-12-2-10-17-11-3-12/h2-3,10-11H,4-9H2,1H3,(H,17,18,19). The van der Waals surface area contributed by atoms with Crippen molar-refractivity contribution in [2.24, 2.45) is 10.8 Å². The lowest BCUT2D eigenvalue weighted by Crippen LogP contribution is -2.51. The SMILES string of the molecule is COC(=O)C12CCC(C(=O)Nc3ccncc3)(CC1)CC2. The van der Waals surface area contributed by atoms with E-state index in [1.54, 1.807) is 24.5 Å². The van der Waals surface area contributed by atoms with Crippen molar-refractivity contribution in [3.8, 4) is 0 Å². The van der Waals surface area contributed by atoms with Crippen molar-refractivity contribution < 1.29 is 14.3 Å². The summed E-state index contributed by atoms with van der Waals surface area (Å²) in [5.74, 6) is -0.0304. The van der Waals surface area contributed by atoms with E-state index in [-0.39, 0.29) is 22.7 Å². The minimum absolute atomic E-state index is 0.0758. The van der Waals surface area contributed by atoms with Crippen LogP contribution < -0.4 is 5.32 Å². The largest absolute Gasteiger partial charge is 0.469 e. The van der Waals surface area contributed by atoms with Crippen LogP contribution in [0.1, 0.15) is 38.5 Å². The number of aromatic nitrogens is 1. The van der Waals surface area contributed by atoms with E-state index in [0.29, 0.717) is 0 Å². The van der Waals surface area contributed by atoms with Gasteiger partial charge in [0.15, 0.2) is 0 Å². The summed E-state index contributed by atoms with van der Waals surface area (Å²) in [5.41, 5.74) is 0.117. The minimum atomic E-state index is -0.340. The molecule has 1 amide bonds. The highest BCUT2D eigenvalue weighted by Crippen LogP contribution is 2.57. The lowest BCUT2D eigenvalue weighted by atomic mass is 9.53. The van der Waals surface area contributed by atoms with Gasteiger partial charge in [-0.2, -0.15) is 0 Å². The third-order valence-electron chi connectivity index (χ3n) is 5.28. The van der Waals surface area contributed by atoms with Gasteiger partial charge in [0.1, 0.15) is 0 Å². The Morgan fingerprint density at radius 2 is 1.57 bits per heavy atom. The lowest BCUT2D eigenvalue weighted by Gasteiger charge is -2.50. The predicted octanol–water partition coefficient (Wildman–Crippen LogP) is 2.53. The maximum Gasteiger partial charge on any atom is 0.311 e. The van der Waals surface area contributed by atoms with Crippen molar-refractivity contribution in [2.45, 2.75) is 38.5 Å². The van der Waals surface area contributed by atoms with E-state index in [9.17, 15) is 9.59 Å². The number of carbonyl (C=O) groups excluding carboxylic acids is 2. The van der Waals surface area contributed by atoms with Crippen molar-refractivity contribution in [1.29, 1.82) is 0 Å². The van der Waals surface area contributed by atoms with Crippen molar-refractivity contribution >= 4 is 17.6 Å². The number of nitrogens with zero attached hydrogens (tertiary/aromatic N) is 1. The van der Waals surface area contributed by atoms with Crippen molar-refractivity contribution in [3.05, 3.63) is 24.5 Å². The second-order valence-electron chi connectivity index (χ2n) is 6.24. The molecule has 1 aromatic rings. The third-order valence-corrected chi connectivity index (χ3v) is 5.28. The monoisotopic (exact) mass is 288 g/mol. The average molecular weight is 288 g/mol. The van der Waals surface area contributed by atoms with Crippen LogP contribution in [0.15, 0.2) is 24.5 Å². The molecule has 3 saturated carbocycles. The van der Waals surface area contributed by atoms with Crippen LogP contribution in [0, 0.1) is 10.8 Å². The van der Waals surface area contributed by atoms with Crippen LogP contribution in [-0.2, 0) is 14.3 Å². The summed E-state index contributed by atoms with van der Waals surface area (Å²) in [4.78, 5) is 28.6. The molecule has 3 aliphatic rings. The predicted molar refractivity (Wildman–Crippen MR) is 77.5 cm³/mol. The first kappa shape index (κ1) is 14.0. The van der Waals surface area contributed by atoms with E-state index in [2.05, 4.69) is 10.3 Å². The Bertz CT molecular complexity index is 531. The van der Waals surface area contributed by atoms with Gasteiger partial charge in [-0.25, -0.2) is 0 Å². The van der Waals surface area contributed by atoms with E-state index in [1.807, 2.05) is 0 Å². The molecule has 0 unspecified atom stereocenters. The Morgan fingerprint density at radius 1 is 1.05 bits per heavy atom. The zero-order valence-electron chi connectivity index (χ0n) is 12.2. The molecule has 0 atom stereocenters. The number of ether oxygens (including phenoxy) is 1. The summed E-state index contributed by atoms with van der Waals surface area (Å²) in [7, 11) is 1.45. The van der Waals surface area contributed by atoms with Gasteiger partial charge in [-0.1, -0.05) is 0 Å². The molecule has 1 heterocycles. The number of hydrogen-bond acceptors (Lipinski definition) is 4. The Hall–Kier alpha value is -1.91. The number of methoxy groups -OCH3 is 1. The molecule has 5 heteroatoms. The number of fused-ring (bicyclic) bond motifs is 3. The fraction of sp³-hybridized carbons (Fsp3) is 0.562. The Kier molecular flexibility index (Phi) is 3.43. The minimum Gasteiger partial charge on any atom is -0.469 e. The number of pyridine rings is 1. The number of nitrogens with one attached hydrogen (secondary N) is 1. The van der Waals surface area contributed by atoms with Crippen molar-refractivity contribution in [2.75, 3.05) is 12.4 Å². The van der Waals surface area contributed by atoms with Crippen LogP contribution in [0.3, 0.4) is 0 Å². The van der Waals surface area contributed by atoms with Crippen LogP contribution in [0.5, 0.6) is 0 Å². The van der Waals surface area contributed by atoms with Gasteiger partial charge in [0.2, 0.25) is 5.91 Å². The maximum atomic E-state index is 12.6. The van der Waals surface area contributed by atoms with E-state index in [1.165, 1.54) is 7.11 Å². The quantitative estimate of drug-likeness (QED) is 0.868. The first-order chi connectivity index (χ1) is 10.1. The first-order valence-electron chi connectivity index (χ1n) is 7.40. The van der Waals surface area contributed by atoms with Crippen molar-refractivity contribution in [1.82, 2.24) is 4.98 Å². The third kappa shape index (κ3) is 2.30. The van der Waals surface area contributed by atoms with Crippen LogP contribution in [0.4, 0.5) is 5.69 Å². The van der Waals surface area contributed by atoms with Crippen LogP contribution in [0.2, 0.25) is 0 Å². The number of carbonyl (C=O) groups is 2. The van der Waals surface area contributed by atoms with Gasteiger partial charge in [0.25, 0.3) is 0 Å². The van der Waals surface area contributed by atoms with E-state index in [4.69, 9.17) is 4.74 Å². The Labute approximate surface area is 124 Å². The molecule has 2 bridgehead atoms. The topological polar surface area (TPSA) is 68.3 Å². The summed E-state index contributed by atoms with van der Waals surface area (Å²) >= 11 is 0. The number of rotatable bonds is 3. The molecule has 0 aromatic carbocycles. The highest BCUT2D eigenvalue weighted by atomic mass is 16.5. The maximum absolute atomic E-state index is 12.6. The highest BCUT2D eigenvalue weighted by molar-refractivity contribution is 5.96. The molecular formula is C16H20N2O3. The molecular weight excluding hydrogens is 268 g/mol. The Balaban J connectivity index is 1.71. The molecule has 1 N–H and O–H groups in total. The number of esters is 1. The zero-order chi connectivity index (χ0) is 14.9. The summed E-state index contributed by atoms with van der Waals surface area (Å²) in [5, 5.41) is 2.99. The van der Waals surface area contributed by atoms with Crippen LogP contribution >= 0.6 is 0 Å². The van der Waals surface area contributed by atoms with Gasteiger partial charge in [-0.15, -0.1) is 0 Å². The molecule has 112 valence electrons. The van der Waals surface area contributed by atoms with Gasteiger partial charge < -0.3 is 10.1 Å². The van der Waals surface area contributed by atoms with Gasteiger partial charge in [-0.3, -0.25) is 14.6 Å². The van der Waals surface area contributed by atoms with Gasteiger partial charge in [-0.05, 0) is 50.7 Å². The molecule has 0 saturated heterocycles. The summed E-state index contributed by atoms with van der Waals surface area (Å²) in [6.07, 6.45) is 7.88. The number of hydrogen-bond donors (Lipinski definition) is 1. The van der Waals surface area contributed by atoms with E-state index < -0.39 is 0 Å². The molecule has 3 aliphatic carbocycles. The zero-order valence-corrected chi connectivity index (χ0v) is 12.2. The lowest BCUT2D eigenvalue weighted by molar-refractivity contribution is -0.165. The fourth-order valence-corrected chi connectivity index (χ4v) is 3.75. The van der Waals surface area contributed by atoms with Crippen LogP contribution in [0.25, 0.3) is 0 Å². The first-order valence-corrected chi connectivity index (χ1v) is 7.40. The smallest absolute Gasteiger partial charge is 0.311 e. The normalized spacial score (nSPS) is 30.7. The summed E-state index contributed by atoms with van der Waals surface area (Å²) in [6.45, 7) is 0. The second kappa shape index (κ2) is 5.13. The molecule has 0 radical (unpaired) electrons. The van der Waals surface area contributed by atoms with Gasteiger partial charge in [0, 0.05) is 23.5 Å². The molecule has 3 fully saturated rings. The molecule has 5 nitrogen and oxygen atoms in total. The molecule has 0 aliphatic heterocycles. The van der Waals surface area contributed by atoms with E-state index in [0.717, 1.165) is 44.2 Å². The van der Waals surface area contributed by atoms with E-state index >= 15 is 0 Å². The molecule has 21 heavy (non-hydrogen) atoms. The molecule has 4 rings (SSSR count). The second-order valence-corrected chi connectivity index (χ2v) is 6.24. The highest BCUT2D eigenvalue weighted by Gasteiger charge is 2.55. The summed E-state index contributed by atoms with van der Waals surface area (Å²) in [6, 6.07) is 3.58. The van der Waals surface area contributed by atoms with Crippen molar-refractivity contribution in [3.63, 3.8) is 0 Å². The number of anilines is 1. The summed E-state index contributed by atoms with van der Waals surface area (Å²) < 4.78 is 4.95. The average Bonchev–Trinajstić information content (AvgIpc) is 2.56. The molecule has 0 spiro atoms. The molecule has 1 aromatic heterocycles. The van der Waals surface area contributed by atoms with Gasteiger partial charge in [0.05, 0.1) is 12.5 Å².